The summed E-state index contributed by atoms with van der Waals surface area (Å²) in [6, 6.07) is 11.9. The third-order valence-corrected chi connectivity index (χ3v) is 4.59. The standard InChI is InChI=1S/C19H19NO3/c1-12-7-13(2)9-15(8-12)20-18(21)19(5-6-19)14-3-4-16-17(10-14)23-11-22-16/h3-4,7-10H,5-6,11H2,1-2H3,(H,20,21). The van der Waals surface area contributed by atoms with E-state index in [1.54, 1.807) is 0 Å². The number of ether oxygens (including phenoxy) is 2. The molecule has 4 heteroatoms. The first-order valence-corrected chi connectivity index (χ1v) is 7.87. The predicted octanol–water partition coefficient (Wildman–Crippen LogP) is 3.70. The molecule has 4 rings (SSSR count). The number of aryl methyl sites for hydroxylation is 2. The van der Waals surface area contributed by atoms with Gasteiger partial charge in [0.15, 0.2) is 11.5 Å². The lowest BCUT2D eigenvalue weighted by Crippen LogP contribution is -2.27. The lowest BCUT2D eigenvalue weighted by molar-refractivity contribution is -0.118. The SMILES string of the molecule is Cc1cc(C)cc(NC(=O)C2(c3ccc4c(c3)OCO4)CC2)c1. The average Bonchev–Trinajstić information content (AvgIpc) is 3.18. The number of carbonyl (C=O) groups is 1. The van der Waals surface area contributed by atoms with E-state index in [0.717, 1.165) is 46.7 Å². The summed E-state index contributed by atoms with van der Waals surface area (Å²) in [6.07, 6.45) is 1.73. The molecule has 2 aliphatic rings. The molecule has 2 aromatic carbocycles. The van der Waals surface area contributed by atoms with Crippen LogP contribution < -0.4 is 14.8 Å². The molecule has 0 unspecified atom stereocenters. The summed E-state index contributed by atoms with van der Waals surface area (Å²) < 4.78 is 10.8. The summed E-state index contributed by atoms with van der Waals surface area (Å²) in [7, 11) is 0. The van der Waals surface area contributed by atoms with Gasteiger partial charge in [-0.2, -0.15) is 0 Å². The third-order valence-electron chi connectivity index (χ3n) is 4.59. The Hall–Kier alpha value is -2.49. The van der Waals surface area contributed by atoms with Gasteiger partial charge >= 0.3 is 0 Å². The van der Waals surface area contributed by atoms with Crippen molar-refractivity contribution in [2.45, 2.75) is 32.1 Å². The predicted molar refractivity (Wildman–Crippen MR) is 88.0 cm³/mol. The Morgan fingerprint density at radius 3 is 2.39 bits per heavy atom. The Morgan fingerprint density at radius 2 is 1.70 bits per heavy atom. The van der Waals surface area contributed by atoms with Gasteiger partial charge in [-0.1, -0.05) is 12.1 Å². The molecule has 1 heterocycles. The highest BCUT2D eigenvalue weighted by Crippen LogP contribution is 2.51. The van der Waals surface area contributed by atoms with Gasteiger partial charge < -0.3 is 14.8 Å². The number of hydrogen-bond acceptors (Lipinski definition) is 3. The van der Waals surface area contributed by atoms with E-state index >= 15 is 0 Å². The van der Waals surface area contributed by atoms with Crippen molar-refractivity contribution < 1.29 is 14.3 Å². The van der Waals surface area contributed by atoms with Crippen LogP contribution in [0.5, 0.6) is 11.5 Å². The zero-order valence-electron chi connectivity index (χ0n) is 13.3. The normalized spacial score (nSPS) is 17.0. The Kier molecular flexibility index (Phi) is 3.08. The Balaban J connectivity index is 1.60. The zero-order chi connectivity index (χ0) is 16.0. The number of hydrogen-bond donors (Lipinski definition) is 1. The van der Waals surface area contributed by atoms with Crippen molar-refractivity contribution in [3.63, 3.8) is 0 Å². The molecular formula is C19H19NO3. The number of benzene rings is 2. The first-order chi connectivity index (χ1) is 11.1. The maximum absolute atomic E-state index is 12.8. The molecule has 2 aromatic rings. The summed E-state index contributed by atoms with van der Waals surface area (Å²) >= 11 is 0. The van der Waals surface area contributed by atoms with Crippen LogP contribution in [0.3, 0.4) is 0 Å². The van der Waals surface area contributed by atoms with Crippen molar-refractivity contribution in [1.82, 2.24) is 0 Å². The Labute approximate surface area is 135 Å². The highest BCUT2D eigenvalue weighted by atomic mass is 16.7. The number of carbonyl (C=O) groups excluding carboxylic acids is 1. The highest BCUT2D eigenvalue weighted by Gasteiger charge is 2.51. The largest absolute Gasteiger partial charge is 0.454 e. The third kappa shape index (κ3) is 2.44. The fourth-order valence-electron chi connectivity index (χ4n) is 3.26. The molecule has 23 heavy (non-hydrogen) atoms. The number of anilines is 1. The van der Waals surface area contributed by atoms with Crippen LogP contribution in [0.4, 0.5) is 5.69 Å². The van der Waals surface area contributed by atoms with Crippen LogP contribution in [-0.4, -0.2) is 12.7 Å². The van der Waals surface area contributed by atoms with Gasteiger partial charge in [-0.25, -0.2) is 0 Å². The summed E-state index contributed by atoms with van der Waals surface area (Å²) in [5, 5.41) is 3.08. The lowest BCUT2D eigenvalue weighted by Gasteiger charge is -2.17. The number of fused-ring (bicyclic) bond motifs is 1. The quantitative estimate of drug-likeness (QED) is 0.940. The number of rotatable bonds is 3. The second kappa shape index (κ2) is 5.01. The van der Waals surface area contributed by atoms with Crippen LogP contribution in [0.15, 0.2) is 36.4 Å². The van der Waals surface area contributed by atoms with E-state index in [1.807, 2.05) is 44.2 Å². The van der Waals surface area contributed by atoms with Gasteiger partial charge in [0.1, 0.15) is 0 Å². The zero-order valence-corrected chi connectivity index (χ0v) is 13.3. The van der Waals surface area contributed by atoms with Crippen molar-refractivity contribution in [3.8, 4) is 11.5 Å². The smallest absolute Gasteiger partial charge is 0.235 e. The molecule has 0 radical (unpaired) electrons. The van der Waals surface area contributed by atoms with E-state index in [4.69, 9.17) is 9.47 Å². The molecule has 4 nitrogen and oxygen atoms in total. The van der Waals surface area contributed by atoms with Gasteiger partial charge in [0.2, 0.25) is 12.7 Å². The van der Waals surface area contributed by atoms with Crippen LogP contribution in [0.25, 0.3) is 0 Å². The molecular weight excluding hydrogens is 290 g/mol. The molecule has 0 atom stereocenters. The second-order valence-corrected chi connectivity index (χ2v) is 6.48. The van der Waals surface area contributed by atoms with Gasteiger partial charge in [0.05, 0.1) is 5.41 Å². The molecule has 1 amide bonds. The molecule has 1 fully saturated rings. The maximum atomic E-state index is 12.8. The van der Waals surface area contributed by atoms with Gasteiger partial charge in [-0.3, -0.25) is 4.79 Å². The van der Waals surface area contributed by atoms with Gasteiger partial charge in [0, 0.05) is 5.69 Å². The van der Waals surface area contributed by atoms with Crippen LogP contribution in [-0.2, 0) is 10.2 Å². The molecule has 1 saturated carbocycles. The summed E-state index contributed by atoms with van der Waals surface area (Å²) in [5.74, 6) is 1.54. The van der Waals surface area contributed by atoms with Crippen LogP contribution in [0.1, 0.15) is 29.5 Å². The first kappa shape index (κ1) is 14.1. The maximum Gasteiger partial charge on any atom is 0.235 e. The minimum absolute atomic E-state index is 0.0568. The molecule has 1 aliphatic heterocycles. The minimum atomic E-state index is -0.432. The van der Waals surface area contributed by atoms with Gasteiger partial charge in [-0.15, -0.1) is 0 Å². The summed E-state index contributed by atoms with van der Waals surface area (Å²) in [5.41, 5.74) is 3.73. The number of nitrogens with one attached hydrogen (secondary N) is 1. The Morgan fingerprint density at radius 1 is 1.00 bits per heavy atom. The Bertz CT molecular complexity index is 773. The molecule has 0 bridgehead atoms. The van der Waals surface area contributed by atoms with Crippen molar-refractivity contribution in [3.05, 3.63) is 53.1 Å². The fourth-order valence-corrected chi connectivity index (χ4v) is 3.26. The molecule has 118 valence electrons. The second-order valence-electron chi connectivity index (χ2n) is 6.48. The van der Waals surface area contributed by atoms with Crippen molar-refractivity contribution in [2.75, 3.05) is 12.1 Å². The summed E-state index contributed by atoms with van der Waals surface area (Å²) in [6.45, 7) is 4.32. The minimum Gasteiger partial charge on any atom is -0.454 e. The van der Waals surface area contributed by atoms with Crippen LogP contribution in [0, 0.1) is 13.8 Å². The van der Waals surface area contributed by atoms with Crippen LogP contribution in [0.2, 0.25) is 0 Å². The molecule has 0 aromatic heterocycles. The van der Waals surface area contributed by atoms with Gasteiger partial charge in [-0.05, 0) is 67.6 Å². The summed E-state index contributed by atoms with van der Waals surface area (Å²) in [4.78, 5) is 12.8. The van der Waals surface area contributed by atoms with Gasteiger partial charge in [0.25, 0.3) is 0 Å². The highest BCUT2D eigenvalue weighted by molar-refractivity contribution is 6.01. The molecule has 1 aliphatic carbocycles. The van der Waals surface area contributed by atoms with Crippen molar-refractivity contribution in [1.29, 1.82) is 0 Å². The van der Waals surface area contributed by atoms with Crippen molar-refractivity contribution in [2.24, 2.45) is 0 Å². The average molecular weight is 309 g/mol. The number of amides is 1. The van der Waals surface area contributed by atoms with Crippen LogP contribution >= 0.6 is 0 Å². The lowest BCUT2D eigenvalue weighted by atomic mass is 9.94. The fraction of sp³-hybridized carbons (Fsp3) is 0.316. The van der Waals surface area contributed by atoms with E-state index in [0.29, 0.717) is 0 Å². The molecule has 0 spiro atoms. The monoisotopic (exact) mass is 309 g/mol. The van der Waals surface area contributed by atoms with E-state index < -0.39 is 5.41 Å². The molecule has 0 saturated heterocycles. The first-order valence-electron chi connectivity index (χ1n) is 7.87. The van der Waals surface area contributed by atoms with E-state index in [-0.39, 0.29) is 12.7 Å². The van der Waals surface area contributed by atoms with E-state index in [9.17, 15) is 4.79 Å². The molecule has 1 N–H and O–H groups in total. The van der Waals surface area contributed by atoms with E-state index in [2.05, 4.69) is 11.4 Å². The van der Waals surface area contributed by atoms with Crippen molar-refractivity contribution >= 4 is 11.6 Å². The topological polar surface area (TPSA) is 47.6 Å². The van der Waals surface area contributed by atoms with E-state index in [1.165, 1.54) is 0 Å².